The second-order valence-electron chi connectivity index (χ2n) is 2.64. The summed E-state index contributed by atoms with van der Waals surface area (Å²) in [5, 5.41) is 0. The number of H-pyrrole nitrogens is 4. The van der Waals surface area contributed by atoms with E-state index in [0.717, 1.165) is 0 Å². The fourth-order valence-electron chi connectivity index (χ4n) is 1.05. The molecule has 4 N–H and O–H groups in total. The second-order valence-corrected chi connectivity index (χ2v) is 2.64. The zero-order valence-electron chi connectivity index (χ0n) is 6.88. The van der Waals surface area contributed by atoms with Gasteiger partial charge in [-0.05, 0) is 0 Å². The number of carbonyl (C=O) groups excluding carboxylic acids is 1. The summed E-state index contributed by atoms with van der Waals surface area (Å²) in [5.41, 5.74) is -0.729. The van der Waals surface area contributed by atoms with Crippen molar-refractivity contribution in [3.05, 3.63) is 44.8 Å². The lowest BCUT2D eigenvalue weighted by atomic mass is 10.2. The molecular formula is C7H6N4O3. The molecule has 0 aromatic carbocycles. The van der Waals surface area contributed by atoms with Crippen molar-refractivity contribution in [2.24, 2.45) is 0 Å². The summed E-state index contributed by atoms with van der Waals surface area (Å²) in [6.07, 6.45) is 2.49. The monoisotopic (exact) mass is 194 g/mol. The number of imidazole rings is 2. The molecule has 0 bridgehead atoms. The summed E-state index contributed by atoms with van der Waals surface area (Å²) in [6.45, 7) is 0. The third-order valence-corrected chi connectivity index (χ3v) is 1.68. The standard InChI is InChI=1S/C7H6N4O3/c12-5(3-1-8-6(13)10-3)4-2-9-7(14)11-4/h1-2H,(H2,8,10,13)(H2,9,11,14). The Morgan fingerprint density at radius 3 is 1.64 bits per heavy atom. The highest BCUT2D eigenvalue weighted by atomic mass is 16.2. The van der Waals surface area contributed by atoms with Crippen molar-refractivity contribution in [1.29, 1.82) is 0 Å². The molecule has 2 rings (SSSR count). The van der Waals surface area contributed by atoms with Gasteiger partial charge in [-0.1, -0.05) is 0 Å². The van der Waals surface area contributed by atoms with E-state index >= 15 is 0 Å². The predicted octanol–water partition coefficient (Wildman–Crippen LogP) is -1.05. The largest absolute Gasteiger partial charge is 0.323 e. The van der Waals surface area contributed by atoms with Crippen LogP contribution in [-0.4, -0.2) is 25.7 Å². The van der Waals surface area contributed by atoms with Crippen LogP contribution in [-0.2, 0) is 0 Å². The molecule has 14 heavy (non-hydrogen) atoms. The van der Waals surface area contributed by atoms with Gasteiger partial charge in [-0.25, -0.2) is 9.59 Å². The zero-order valence-corrected chi connectivity index (χ0v) is 6.88. The lowest BCUT2D eigenvalue weighted by molar-refractivity contribution is 0.103. The Morgan fingerprint density at radius 1 is 0.929 bits per heavy atom. The van der Waals surface area contributed by atoms with Crippen molar-refractivity contribution in [3.8, 4) is 0 Å². The maximum atomic E-state index is 11.5. The molecule has 7 nitrogen and oxygen atoms in total. The topological polar surface area (TPSA) is 114 Å². The highest BCUT2D eigenvalue weighted by Crippen LogP contribution is 1.98. The molecule has 0 radical (unpaired) electrons. The summed E-state index contributed by atoms with van der Waals surface area (Å²) in [4.78, 5) is 42.0. The normalized spacial score (nSPS) is 10.3. The second kappa shape index (κ2) is 2.87. The van der Waals surface area contributed by atoms with Crippen LogP contribution in [0.25, 0.3) is 0 Å². The van der Waals surface area contributed by atoms with Gasteiger partial charge in [0.2, 0.25) is 5.78 Å². The Morgan fingerprint density at radius 2 is 1.36 bits per heavy atom. The van der Waals surface area contributed by atoms with Crippen LogP contribution in [0.15, 0.2) is 22.0 Å². The number of rotatable bonds is 2. The minimum absolute atomic E-state index is 0.102. The van der Waals surface area contributed by atoms with Crippen LogP contribution in [0.3, 0.4) is 0 Å². The Kier molecular flexibility index (Phi) is 1.70. The van der Waals surface area contributed by atoms with Gasteiger partial charge < -0.3 is 19.9 Å². The van der Waals surface area contributed by atoms with E-state index in [4.69, 9.17) is 0 Å². The molecule has 2 aromatic rings. The van der Waals surface area contributed by atoms with E-state index in [1.54, 1.807) is 0 Å². The van der Waals surface area contributed by atoms with E-state index in [1.807, 2.05) is 0 Å². The summed E-state index contributed by atoms with van der Waals surface area (Å²) in [6, 6.07) is 0. The van der Waals surface area contributed by atoms with Gasteiger partial charge in [0.05, 0.1) is 0 Å². The van der Waals surface area contributed by atoms with Crippen LogP contribution in [0.5, 0.6) is 0 Å². The average Bonchev–Trinajstić information content (AvgIpc) is 2.73. The van der Waals surface area contributed by atoms with Gasteiger partial charge in [-0.3, -0.25) is 4.79 Å². The Bertz CT molecular complexity index is 520. The van der Waals surface area contributed by atoms with E-state index < -0.39 is 17.2 Å². The summed E-state index contributed by atoms with van der Waals surface area (Å²) < 4.78 is 0. The van der Waals surface area contributed by atoms with Gasteiger partial charge in [0.15, 0.2) is 0 Å². The van der Waals surface area contributed by atoms with Gasteiger partial charge in [0, 0.05) is 12.4 Å². The molecule has 0 aliphatic rings. The van der Waals surface area contributed by atoms with Crippen LogP contribution in [0.1, 0.15) is 16.2 Å². The van der Waals surface area contributed by atoms with Crippen molar-refractivity contribution in [3.63, 3.8) is 0 Å². The molecule has 0 unspecified atom stereocenters. The van der Waals surface area contributed by atoms with Crippen LogP contribution in [0, 0.1) is 0 Å². The lowest BCUT2D eigenvalue weighted by Gasteiger charge is -1.89. The molecule has 0 amide bonds. The highest BCUT2D eigenvalue weighted by molar-refractivity contribution is 6.05. The van der Waals surface area contributed by atoms with Crippen LogP contribution < -0.4 is 11.4 Å². The smallest absolute Gasteiger partial charge is 0.312 e. The first-order chi connectivity index (χ1) is 6.66. The van der Waals surface area contributed by atoms with E-state index in [-0.39, 0.29) is 11.4 Å². The van der Waals surface area contributed by atoms with Crippen LogP contribution in [0.2, 0.25) is 0 Å². The van der Waals surface area contributed by atoms with Crippen molar-refractivity contribution in [1.82, 2.24) is 19.9 Å². The first-order valence-corrected chi connectivity index (χ1v) is 3.77. The third-order valence-electron chi connectivity index (χ3n) is 1.68. The average molecular weight is 194 g/mol. The van der Waals surface area contributed by atoms with Gasteiger partial charge in [0.1, 0.15) is 11.4 Å². The number of hydrogen-bond donors (Lipinski definition) is 4. The Labute approximate surface area is 76.2 Å². The first-order valence-electron chi connectivity index (χ1n) is 3.77. The van der Waals surface area contributed by atoms with Gasteiger partial charge in [0.25, 0.3) is 0 Å². The molecule has 0 fully saturated rings. The Balaban J connectivity index is 2.42. The number of aromatic nitrogens is 4. The molecule has 0 saturated heterocycles. The van der Waals surface area contributed by atoms with E-state index in [1.165, 1.54) is 12.4 Å². The highest BCUT2D eigenvalue weighted by Gasteiger charge is 2.12. The van der Waals surface area contributed by atoms with E-state index in [0.29, 0.717) is 0 Å². The van der Waals surface area contributed by atoms with Gasteiger partial charge in [-0.15, -0.1) is 0 Å². The van der Waals surface area contributed by atoms with E-state index in [9.17, 15) is 14.4 Å². The lowest BCUT2D eigenvalue weighted by Crippen LogP contribution is -2.08. The molecule has 0 saturated carbocycles. The maximum absolute atomic E-state index is 11.5. The number of hydrogen-bond acceptors (Lipinski definition) is 3. The molecule has 72 valence electrons. The van der Waals surface area contributed by atoms with Crippen LogP contribution >= 0.6 is 0 Å². The summed E-state index contributed by atoms with van der Waals surface area (Å²) >= 11 is 0. The fraction of sp³-hybridized carbons (Fsp3) is 0. The number of aromatic amines is 4. The van der Waals surface area contributed by atoms with Crippen molar-refractivity contribution in [2.75, 3.05) is 0 Å². The van der Waals surface area contributed by atoms with Crippen molar-refractivity contribution in [2.45, 2.75) is 0 Å². The van der Waals surface area contributed by atoms with Gasteiger partial charge >= 0.3 is 11.4 Å². The zero-order chi connectivity index (χ0) is 10.1. The number of nitrogens with one attached hydrogen (secondary N) is 4. The Hall–Kier alpha value is -2.31. The molecule has 0 atom stereocenters. The van der Waals surface area contributed by atoms with Crippen molar-refractivity contribution >= 4 is 5.78 Å². The SMILES string of the molecule is O=C(c1c[nH]c(=O)[nH]1)c1c[nH]c(=O)[nH]1. The quantitative estimate of drug-likeness (QED) is 0.457. The first kappa shape index (κ1) is 8.30. The molecule has 2 heterocycles. The minimum Gasteiger partial charge on any atom is -0.312 e. The molecule has 0 spiro atoms. The maximum Gasteiger partial charge on any atom is 0.323 e. The number of carbonyl (C=O) groups is 1. The van der Waals surface area contributed by atoms with Crippen molar-refractivity contribution < 1.29 is 4.79 Å². The summed E-state index contributed by atoms with van der Waals surface area (Å²) in [5.74, 6) is -0.457. The molecule has 0 aliphatic carbocycles. The summed E-state index contributed by atoms with van der Waals surface area (Å²) in [7, 11) is 0. The predicted molar refractivity (Wildman–Crippen MR) is 46.3 cm³/mol. The molecule has 2 aromatic heterocycles. The molecule has 0 aliphatic heterocycles. The third kappa shape index (κ3) is 1.30. The van der Waals surface area contributed by atoms with Crippen LogP contribution in [0.4, 0.5) is 0 Å². The molecule has 7 heteroatoms. The molecular weight excluding hydrogens is 188 g/mol. The minimum atomic E-state index is -0.466. The fourth-order valence-corrected chi connectivity index (χ4v) is 1.05. The number of ketones is 1. The van der Waals surface area contributed by atoms with Gasteiger partial charge in [-0.2, -0.15) is 0 Å². The van der Waals surface area contributed by atoms with E-state index in [2.05, 4.69) is 19.9 Å².